The predicted molar refractivity (Wildman–Crippen MR) is 91.6 cm³/mol. The number of hydrogen-bond acceptors (Lipinski definition) is 6. The fourth-order valence-corrected chi connectivity index (χ4v) is 3.44. The van der Waals surface area contributed by atoms with Crippen molar-refractivity contribution in [3.8, 4) is 10.7 Å². The number of piperidine rings is 1. The molecule has 0 aromatic carbocycles. The number of likely N-dealkylation sites (tertiary alicyclic amines) is 1. The van der Waals surface area contributed by atoms with Crippen molar-refractivity contribution >= 4 is 29.7 Å². The molecule has 6 nitrogen and oxygen atoms in total. The predicted octanol–water partition coefficient (Wildman–Crippen LogP) is 2.49. The van der Waals surface area contributed by atoms with E-state index in [0.29, 0.717) is 31.1 Å². The van der Waals surface area contributed by atoms with Gasteiger partial charge < -0.3 is 15.2 Å². The molecule has 2 aromatic rings. The molecule has 8 heteroatoms. The number of aryl methyl sites for hydroxylation is 1. The minimum Gasteiger partial charge on any atom is -0.339 e. The summed E-state index contributed by atoms with van der Waals surface area (Å²) in [5.41, 5.74) is 5.76. The molecule has 0 saturated carbocycles. The summed E-state index contributed by atoms with van der Waals surface area (Å²) in [6, 6.07) is 4.08. The number of amides is 1. The summed E-state index contributed by atoms with van der Waals surface area (Å²) in [6.45, 7) is 1.35. The Morgan fingerprint density at radius 2 is 2.35 bits per heavy atom. The number of halogens is 1. The molecule has 1 amide bonds. The van der Waals surface area contributed by atoms with Crippen LogP contribution in [-0.2, 0) is 11.2 Å². The Bertz CT molecular complexity index is 617. The lowest BCUT2D eigenvalue weighted by molar-refractivity contribution is -0.134. The largest absolute Gasteiger partial charge is 0.339 e. The van der Waals surface area contributed by atoms with Crippen LogP contribution in [0, 0.1) is 0 Å². The topological polar surface area (TPSA) is 85.2 Å². The van der Waals surface area contributed by atoms with Gasteiger partial charge in [0.05, 0.1) is 4.88 Å². The molecule has 1 atom stereocenters. The number of aromatic nitrogens is 2. The number of nitrogens with zero attached hydrogens (tertiary/aromatic N) is 3. The molecular formula is C15H21ClN4O2S. The van der Waals surface area contributed by atoms with Crippen molar-refractivity contribution in [2.45, 2.75) is 38.1 Å². The lowest BCUT2D eigenvalue weighted by Gasteiger charge is -2.35. The van der Waals surface area contributed by atoms with Crippen molar-refractivity contribution in [2.24, 2.45) is 5.73 Å². The highest BCUT2D eigenvalue weighted by Crippen LogP contribution is 2.22. The van der Waals surface area contributed by atoms with Crippen LogP contribution in [0.5, 0.6) is 0 Å². The van der Waals surface area contributed by atoms with Crippen LogP contribution in [-0.4, -0.2) is 40.1 Å². The molecule has 3 rings (SSSR count). The standard InChI is InChI=1S/C15H20N4O2S.ClH/c16-10-11-4-1-2-8-19(11)14(20)7-6-13-17-15(18-21-13)12-5-3-9-22-12;/h3,5,9,11H,1-2,4,6-8,10,16H2;1H. The lowest BCUT2D eigenvalue weighted by Crippen LogP contribution is -2.47. The molecule has 0 aliphatic carbocycles. The maximum Gasteiger partial charge on any atom is 0.227 e. The normalized spacial score (nSPS) is 17.8. The molecule has 0 spiro atoms. The minimum atomic E-state index is 0. The Hall–Kier alpha value is -1.44. The van der Waals surface area contributed by atoms with Gasteiger partial charge in [0, 0.05) is 32.0 Å². The number of nitrogens with two attached hydrogens (primary N) is 1. The highest BCUT2D eigenvalue weighted by Gasteiger charge is 2.25. The Morgan fingerprint density at radius 3 is 3.09 bits per heavy atom. The van der Waals surface area contributed by atoms with Crippen LogP contribution in [0.3, 0.4) is 0 Å². The fraction of sp³-hybridized carbons (Fsp3) is 0.533. The second-order valence-electron chi connectivity index (χ2n) is 5.46. The van der Waals surface area contributed by atoms with Crippen molar-refractivity contribution in [3.63, 3.8) is 0 Å². The van der Waals surface area contributed by atoms with E-state index in [4.69, 9.17) is 10.3 Å². The van der Waals surface area contributed by atoms with Gasteiger partial charge in [-0.2, -0.15) is 4.98 Å². The Balaban J connectivity index is 0.00000192. The first kappa shape index (κ1) is 17.9. The first-order valence-electron chi connectivity index (χ1n) is 7.64. The van der Waals surface area contributed by atoms with Gasteiger partial charge >= 0.3 is 0 Å². The monoisotopic (exact) mass is 356 g/mol. The van der Waals surface area contributed by atoms with Gasteiger partial charge in [0.2, 0.25) is 17.6 Å². The first-order valence-corrected chi connectivity index (χ1v) is 8.52. The zero-order chi connectivity index (χ0) is 15.4. The van der Waals surface area contributed by atoms with Crippen molar-refractivity contribution in [3.05, 3.63) is 23.4 Å². The molecule has 0 radical (unpaired) electrons. The quantitative estimate of drug-likeness (QED) is 0.889. The number of carbonyl (C=O) groups excluding carboxylic acids is 1. The van der Waals surface area contributed by atoms with Crippen molar-refractivity contribution in [1.29, 1.82) is 0 Å². The molecule has 1 aliphatic rings. The molecule has 1 saturated heterocycles. The van der Waals surface area contributed by atoms with E-state index in [2.05, 4.69) is 10.1 Å². The van der Waals surface area contributed by atoms with E-state index >= 15 is 0 Å². The van der Waals surface area contributed by atoms with Crippen LogP contribution in [0.2, 0.25) is 0 Å². The number of thiophene rings is 1. The minimum absolute atomic E-state index is 0. The van der Waals surface area contributed by atoms with E-state index < -0.39 is 0 Å². The summed E-state index contributed by atoms with van der Waals surface area (Å²) in [5, 5.41) is 5.93. The van der Waals surface area contributed by atoms with Crippen LogP contribution in [0.25, 0.3) is 10.7 Å². The molecule has 1 aliphatic heterocycles. The SMILES string of the molecule is Cl.NCC1CCCCN1C(=O)CCc1nc(-c2cccs2)no1. The average molecular weight is 357 g/mol. The second kappa shape index (κ2) is 8.42. The zero-order valence-electron chi connectivity index (χ0n) is 12.8. The van der Waals surface area contributed by atoms with Crippen LogP contribution in [0.15, 0.2) is 22.0 Å². The molecular weight excluding hydrogens is 336 g/mol. The van der Waals surface area contributed by atoms with Crippen molar-refractivity contribution in [2.75, 3.05) is 13.1 Å². The van der Waals surface area contributed by atoms with Gasteiger partial charge in [0.1, 0.15) is 0 Å². The third-order valence-corrected chi connectivity index (χ3v) is 4.85. The molecule has 2 aromatic heterocycles. The Labute approximate surface area is 145 Å². The van der Waals surface area contributed by atoms with Crippen LogP contribution < -0.4 is 5.73 Å². The van der Waals surface area contributed by atoms with Gasteiger partial charge in [-0.15, -0.1) is 23.7 Å². The highest BCUT2D eigenvalue weighted by molar-refractivity contribution is 7.13. The molecule has 3 heterocycles. The molecule has 0 bridgehead atoms. The maximum atomic E-state index is 12.4. The van der Waals surface area contributed by atoms with Gasteiger partial charge in [-0.05, 0) is 30.7 Å². The summed E-state index contributed by atoms with van der Waals surface area (Å²) in [7, 11) is 0. The summed E-state index contributed by atoms with van der Waals surface area (Å²) >= 11 is 1.57. The molecule has 126 valence electrons. The summed E-state index contributed by atoms with van der Waals surface area (Å²) in [6.07, 6.45) is 4.09. The smallest absolute Gasteiger partial charge is 0.227 e. The van der Waals surface area contributed by atoms with Crippen LogP contribution in [0.4, 0.5) is 0 Å². The van der Waals surface area contributed by atoms with Crippen molar-refractivity contribution in [1.82, 2.24) is 15.0 Å². The highest BCUT2D eigenvalue weighted by atomic mass is 35.5. The molecule has 23 heavy (non-hydrogen) atoms. The van der Waals surface area contributed by atoms with E-state index in [-0.39, 0.29) is 24.4 Å². The third kappa shape index (κ3) is 4.31. The van der Waals surface area contributed by atoms with Gasteiger partial charge in [0.15, 0.2) is 0 Å². The number of hydrogen-bond donors (Lipinski definition) is 1. The first-order chi connectivity index (χ1) is 10.8. The average Bonchev–Trinajstić information content (AvgIpc) is 3.23. The van der Waals surface area contributed by atoms with Crippen molar-refractivity contribution < 1.29 is 9.32 Å². The Morgan fingerprint density at radius 1 is 1.48 bits per heavy atom. The molecule has 2 N–H and O–H groups in total. The molecule has 1 unspecified atom stereocenters. The van der Waals surface area contributed by atoms with Gasteiger partial charge in [-0.25, -0.2) is 0 Å². The van der Waals surface area contributed by atoms with E-state index in [1.807, 2.05) is 22.4 Å². The van der Waals surface area contributed by atoms with Crippen LogP contribution >= 0.6 is 23.7 Å². The van der Waals surface area contributed by atoms with E-state index in [1.54, 1.807) is 11.3 Å². The van der Waals surface area contributed by atoms with E-state index in [1.165, 1.54) is 0 Å². The van der Waals surface area contributed by atoms with Gasteiger partial charge in [-0.1, -0.05) is 11.2 Å². The van der Waals surface area contributed by atoms with Crippen LogP contribution in [0.1, 0.15) is 31.6 Å². The van der Waals surface area contributed by atoms with E-state index in [0.717, 1.165) is 30.7 Å². The lowest BCUT2D eigenvalue weighted by atomic mass is 10.0. The zero-order valence-corrected chi connectivity index (χ0v) is 14.4. The Kier molecular flexibility index (Phi) is 6.56. The number of rotatable bonds is 5. The number of carbonyl (C=O) groups is 1. The van der Waals surface area contributed by atoms with Gasteiger partial charge in [0.25, 0.3) is 0 Å². The second-order valence-corrected chi connectivity index (χ2v) is 6.41. The van der Waals surface area contributed by atoms with E-state index in [9.17, 15) is 4.79 Å². The van der Waals surface area contributed by atoms with Gasteiger partial charge in [-0.3, -0.25) is 4.79 Å². The molecule has 1 fully saturated rings. The fourth-order valence-electron chi connectivity index (χ4n) is 2.79. The summed E-state index contributed by atoms with van der Waals surface area (Å²) < 4.78 is 5.23. The third-order valence-electron chi connectivity index (χ3n) is 3.98. The maximum absolute atomic E-state index is 12.4. The summed E-state index contributed by atoms with van der Waals surface area (Å²) in [4.78, 5) is 19.6. The summed E-state index contributed by atoms with van der Waals surface area (Å²) in [5.74, 6) is 1.24.